The molecule has 5 nitrogen and oxygen atoms in total. The number of hydrogen-bond donors (Lipinski definition) is 2. The Morgan fingerprint density at radius 3 is 2.44 bits per heavy atom. The van der Waals surface area contributed by atoms with Crippen LogP contribution in [0.3, 0.4) is 0 Å². The van der Waals surface area contributed by atoms with Crippen molar-refractivity contribution in [3.8, 4) is 0 Å². The fraction of sp³-hybridized carbons (Fsp3) is 0.150. The van der Waals surface area contributed by atoms with Gasteiger partial charge in [0.25, 0.3) is 5.91 Å². The van der Waals surface area contributed by atoms with Gasteiger partial charge in [0, 0.05) is 17.9 Å². The minimum atomic E-state index is -0.254. The van der Waals surface area contributed by atoms with Crippen molar-refractivity contribution < 1.29 is 4.79 Å². The van der Waals surface area contributed by atoms with Gasteiger partial charge in [-0.25, -0.2) is 9.97 Å². The molecule has 0 aliphatic carbocycles. The van der Waals surface area contributed by atoms with Gasteiger partial charge in [-0.1, -0.05) is 42.5 Å². The summed E-state index contributed by atoms with van der Waals surface area (Å²) in [6, 6.07) is 19.1. The van der Waals surface area contributed by atoms with E-state index in [9.17, 15) is 4.79 Å². The van der Waals surface area contributed by atoms with Crippen molar-refractivity contribution in [1.29, 1.82) is 0 Å². The highest BCUT2D eigenvalue weighted by molar-refractivity contribution is 6.03. The molecule has 0 spiro atoms. The van der Waals surface area contributed by atoms with Gasteiger partial charge in [0.2, 0.25) is 5.95 Å². The zero-order valence-corrected chi connectivity index (χ0v) is 14.3. The molecule has 25 heavy (non-hydrogen) atoms. The first-order chi connectivity index (χ1) is 12.1. The fourth-order valence-electron chi connectivity index (χ4n) is 2.46. The first-order valence-electron chi connectivity index (χ1n) is 8.12. The molecule has 0 saturated carbocycles. The van der Waals surface area contributed by atoms with E-state index in [2.05, 4.69) is 39.7 Å². The second kappa shape index (κ2) is 7.57. The van der Waals surface area contributed by atoms with Crippen molar-refractivity contribution in [1.82, 2.24) is 9.97 Å². The van der Waals surface area contributed by atoms with Crippen molar-refractivity contribution >= 4 is 17.5 Å². The molecule has 5 heteroatoms. The predicted octanol–water partition coefficient (Wildman–Crippen LogP) is 3.96. The van der Waals surface area contributed by atoms with Crippen LogP contribution in [0, 0.1) is 13.8 Å². The largest absolute Gasteiger partial charge is 0.350 e. The van der Waals surface area contributed by atoms with Gasteiger partial charge in [-0.05, 0) is 43.2 Å². The monoisotopic (exact) mass is 332 g/mol. The summed E-state index contributed by atoms with van der Waals surface area (Å²) in [6.07, 6.45) is 0. The average molecular weight is 332 g/mol. The van der Waals surface area contributed by atoms with E-state index >= 15 is 0 Å². The highest BCUT2D eigenvalue weighted by atomic mass is 16.1. The molecule has 0 aliphatic heterocycles. The van der Waals surface area contributed by atoms with Crippen LogP contribution < -0.4 is 10.6 Å². The molecule has 126 valence electrons. The Balaban J connectivity index is 1.74. The summed E-state index contributed by atoms with van der Waals surface area (Å²) in [5.74, 6) is 0.192. The highest BCUT2D eigenvalue weighted by Crippen LogP contribution is 2.12. The third-order valence-electron chi connectivity index (χ3n) is 3.82. The standard InChI is InChI=1S/C20H20N4O/c1-14-8-6-7-9-16(14)13-21-20-22-15(2)12-18(24-20)19(25)23-17-10-4-3-5-11-17/h3-12H,13H2,1-2H3,(H,23,25)(H,21,22,24). The summed E-state index contributed by atoms with van der Waals surface area (Å²) in [5.41, 5.74) is 4.18. The van der Waals surface area contributed by atoms with Gasteiger partial charge >= 0.3 is 0 Å². The number of rotatable bonds is 5. The topological polar surface area (TPSA) is 66.9 Å². The number of carbonyl (C=O) groups excluding carboxylic acids is 1. The number of aryl methyl sites for hydroxylation is 2. The lowest BCUT2D eigenvalue weighted by molar-refractivity contribution is 0.102. The van der Waals surface area contributed by atoms with Gasteiger partial charge in [-0.3, -0.25) is 4.79 Å². The van der Waals surface area contributed by atoms with Gasteiger partial charge < -0.3 is 10.6 Å². The zero-order valence-electron chi connectivity index (χ0n) is 14.3. The van der Waals surface area contributed by atoms with Crippen LogP contribution in [0.4, 0.5) is 11.6 Å². The molecule has 3 aromatic rings. The number of nitrogens with zero attached hydrogens (tertiary/aromatic N) is 2. The smallest absolute Gasteiger partial charge is 0.274 e. The molecule has 0 saturated heterocycles. The second-order valence-electron chi connectivity index (χ2n) is 5.82. The van der Waals surface area contributed by atoms with Gasteiger partial charge in [-0.15, -0.1) is 0 Å². The van der Waals surface area contributed by atoms with Crippen molar-refractivity contribution in [3.05, 3.63) is 83.2 Å². The summed E-state index contributed by atoms with van der Waals surface area (Å²) in [5, 5.41) is 6.04. The van der Waals surface area contributed by atoms with E-state index < -0.39 is 0 Å². The van der Waals surface area contributed by atoms with Crippen molar-refractivity contribution in [2.45, 2.75) is 20.4 Å². The summed E-state index contributed by atoms with van der Waals surface area (Å²) in [6.45, 7) is 4.52. The van der Waals surface area contributed by atoms with Crippen molar-refractivity contribution in [2.24, 2.45) is 0 Å². The maximum absolute atomic E-state index is 12.4. The molecule has 0 bridgehead atoms. The maximum atomic E-state index is 12.4. The van der Waals surface area contributed by atoms with Crippen molar-refractivity contribution in [2.75, 3.05) is 10.6 Å². The summed E-state index contributed by atoms with van der Waals surface area (Å²) >= 11 is 0. The van der Waals surface area contributed by atoms with E-state index in [0.29, 0.717) is 18.2 Å². The number of aromatic nitrogens is 2. The van der Waals surface area contributed by atoms with Gasteiger partial charge in [-0.2, -0.15) is 0 Å². The van der Waals surface area contributed by atoms with Gasteiger partial charge in [0.05, 0.1) is 0 Å². The Labute approximate surface area is 147 Å². The van der Waals surface area contributed by atoms with Crippen LogP contribution >= 0.6 is 0 Å². The van der Waals surface area contributed by atoms with E-state index in [0.717, 1.165) is 11.4 Å². The lowest BCUT2D eigenvalue weighted by Gasteiger charge is -2.10. The molecule has 1 aromatic heterocycles. The molecular formula is C20H20N4O. The molecule has 0 radical (unpaired) electrons. The normalized spacial score (nSPS) is 10.3. The molecule has 2 N–H and O–H groups in total. The third-order valence-corrected chi connectivity index (χ3v) is 3.82. The minimum Gasteiger partial charge on any atom is -0.350 e. The number of nitrogens with one attached hydrogen (secondary N) is 2. The number of carbonyl (C=O) groups is 1. The highest BCUT2D eigenvalue weighted by Gasteiger charge is 2.11. The number of benzene rings is 2. The second-order valence-corrected chi connectivity index (χ2v) is 5.82. The lowest BCUT2D eigenvalue weighted by atomic mass is 10.1. The Morgan fingerprint density at radius 1 is 0.960 bits per heavy atom. The van der Waals surface area contributed by atoms with Crippen LogP contribution in [-0.4, -0.2) is 15.9 Å². The van der Waals surface area contributed by atoms with Crippen LogP contribution in [0.1, 0.15) is 27.3 Å². The Bertz CT molecular complexity index is 878. The van der Waals surface area contributed by atoms with Gasteiger partial charge in [0.1, 0.15) is 5.69 Å². The fourth-order valence-corrected chi connectivity index (χ4v) is 2.46. The molecule has 2 aromatic carbocycles. The van der Waals surface area contributed by atoms with Crippen LogP contribution in [0.2, 0.25) is 0 Å². The molecular weight excluding hydrogens is 312 g/mol. The first kappa shape index (κ1) is 16.6. The minimum absolute atomic E-state index is 0.254. The molecule has 0 atom stereocenters. The van der Waals surface area contributed by atoms with E-state index in [1.54, 1.807) is 6.07 Å². The number of amides is 1. The maximum Gasteiger partial charge on any atom is 0.274 e. The summed E-state index contributed by atoms with van der Waals surface area (Å²) in [4.78, 5) is 21.1. The number of hydrogen-bond acceptors (Lipinski definition) is 4. The Hall–Kier alpha value is -3.21. The summed E-state index contributed by atoms with van der Waals surface area (Å²) in [7, 11) is 0. The van der Waals surface area contributed by atoms with E-state index in [-0.39, 0.29) is 5.91 Å². The van der Waals surface area contributed by atoms with Crippen LogP contribution in [-0.2, 0) is 6.54 Å². The van der Waals surface area contributed by atoms with E-state index in [1.165, 1.54) is 11.1 Å². The molecule has 3 rings (SSSR count). The zero-order chi connectivity index (χ0) is 17.6. The number of anilines is 2. The SMILES string of the molecule is Cc1cc(C(=O)Nc2ccccc2)nc(NCc2ccccc2C)n1. The van der Waals surface area contributed by atoms with E-state index in [1.807, 2.05) is 49.4 Å². The Kier molecular flexibility index (Phi) is 5.04. The third kappa shape index (κ3) is 4.41. The quantitative estimate of drug-likeness (QED) is 0.742. The molecule has 1 heterocycles. The van der Waals surface area contributed by atoms with E-state index in [4.69, 9.17) is 0 Å². The molecule has 0 aliphatic rings. The average Bonchev–Trinajstić information content (AvgIpc) is 2.61. The van der Waals surface area contributed by atoms with Crippen molar-refractivity contribution in [3.63, 3.8) is 0 Å². The van der Waals surface area contributed by atoms with Crippen LogP contribution in [0.5, 0.6) is 0 Å². The first-order valence-corrected chi connectivity index (χ1v) is 8.12. The van der Waals surface area contributed by atoms with Gasteiger partial charge in [0.15, 0.2) is 0 Å². The van der Waals surface area contributed by atoms with Crippen LogP contribution in [0.25, 0.3) is 0 Å². The van der Waals surface area contributed by atoms with Crippen LogP contribution in [0.15, 0.2) is 60.7 Å². The summed E-state index contributed by atoms with van der Waals surface area (Å²) < 4.78 is 0. The molecule has 0 fully saturated rings. The molecule has 1 amide bonds. The molecule has 0 unspecified atom stereocenters. The number of para-hydroxylation sites is 1. The lowest BCUT2D eigenvalue weighted by Crippen LogP contribution is -2.16. The predicted molar refractivity (Wildman–Crippen MR) is 99.7 cm³/mol. The Morgan fingerprint density at radius 2 is 1.68 bits per heavy atom.